The van der Waals surface area contributed by atoms with Crippen LogP contribution in [0.2, 0.25) is 0 Å². The van der Waals surface area contributed by atoms with Crippen molar-refractivity contribution in [2.75, 3.05) is 0 Å². The van der Waals surface area contributed by atoms with Gasteiger partial charge in [0.15, 0.2) is 5.78 Å². The van der Waals surface area contributed by atoms with Crippen molar-refractivity contribution in [3.63, 3.8) is 0 Å². The largest absolute Gasteiger partial charge is 0.508 e. The molecule has 2 rings (SSSR count). The lowest BCUT2D eigenvalue weighted by Crippen LogP contribution is -2.07. The van der Waals surface area contributed by atoms with Crippen molar-refractivity contribution in [2.45, 2.75) is 25.4 Å². The zero-order chi connectivity index (χ0) is 16.7. The highest BCUT2D eigenvalue weighted by molar-refractivity contribution is 5.89. The molecule has 0 heterocycles. The first kappa shape index (κ1) is 16.8. The van der Waals surface area contributed by atoms with Gasteiger partial charge in [-0.1, -0.05) is 30.3 Å². The SMILES string of the molecule is O=C(/C=C/C(O)Cc1ccc(O)cc1)CCc1ccc(O)cc1. The summed E-state index contributed by atoms with van der Waals surface area (Å²) in [5.74, 6) is 0.336. The van der Waals surface area contributed by atoms with E-state index in [1.807, 2.05) is 0 Å². The van der Waals surface area contributed by atoms with Gasteiger partial charge in [-0.25, -0.2) is 0 Å². The number of aromatic hydroxyl groups is 2. The second-order valence-corrected chi connectivity index (χ2v) is 5.43. The zero-order valence-electron chi connectivity index (χ0n) is 12.7. The van der Waals surface area contributed by atoms with Crippen molar-refractivity contribution in [2.24, 2.45) is 0 Å². The highest BCUT2D eigenvalue weighted by atomic mass is 16.3. The second-order valence-electron chi connectivity index (χ2n) is 5.43. The van der Waals surface area contributed by atoms with Gasteiger partial charge in [0.25, 0.3) is 0 Å². The first-order chi connectivity index (χ1) is 11.0. The van der Waals surface area contributed by atoms with Gasteiger partial charge in [-0.05, 0) is 47.9 Å². The van der Waals surface area contributed by atoms with Crippen LogP contribution in [0.25, 0.3) is 0 Å². The molecule has 0 bridgehead atoms. The van der Waals surface area contributed by atoms with Crippen LogP contribution in [-0.4, -0.2) is 27.2 Å². The van der Waals surface area contributed by atoms with Crippen LogP contribution in [0, 0.1) is 0 Å². The Bertz CT molecular complexity index is 657. The van der Waals surface area contributed by atoms with Crippen LogP contribution in [0.1, 0.15) is 17.5 Å². The normalized spacial score (nSPS) is 12.4. The van der Waals surface area contributed by atoms with Gasteiger partial charge in [-0.15, -0.1) is 0 Å². The van der Waals surface area contributed by atoms with E-state index in [2.05, 4.69) is 0 Å². The maximum absolute atomic E-state index is 11.8. The summed E-state index contributed by atoms with van der Waals surface area (Å²) in [7, 11) is 0. The van der Waals surface area contributed by atoms with Crippen LogP contribution >= 0.6 is 0 Å². The number of rotatable bonds is 7. The number of carbonyl (C=O) groups excluding carboxylic acids is 1. The second kappa shape index (κ2) is 8.15. The number of phenolic OH excluding ortho intramolecular Hbond substituents is 2. The molecule has 0 saturated heterocycles. The number of allylic oxidation sites excluding steroid dienone is 1. The molecule has 0 aliphatic heterocycles. The minimum Gasteiger partial charge on any atom is -0.508 e. The van der Waals surface area contributed by atoms with E-state index in [0.29, 0.717) is 19.3 Å². The minimum absolute atomic E-state index is 0.0529. The number of aliphatic hydroxyl groups is 1. The Balaban J connectivity index is 1.78. The molecule has 0 fully saturated rings. The number of carbonyl (C=O) groups is 1. The lowest BCUT2D eigenvalue weighted by Gasteiger charge is -2.05. The Morgan fingerprint density at radius 3 is 2.00 bits per heavy atom. The third-order valence-corrected chi connectivity index (χ3v) is 3.48. The average molecular weight is 312 g/mol. The van der Waals surface area contributed by atoms with Gasteiger partial charge in [-0.2, -0.15) is 0 Å². The molecule has 4 nitrogen and oxygen atoms in total. The van der Waals surface area contributed by atoms with Crippen molar-refractivity contribution in [3.8, 4) is 11.5 Å². The van der Waals surface area contributed by atoms with Crippen LogP contribution in [0.5, 0.6) is 11.5 Å². The predicted octanol–water partition coefficient (Wildman–Crippen LogP) is 2.76. The maximum Gasteiger partial charge on any atom is 0.155 e. The predicted molar refractivity (Wildman–Crippen MR) is 88.4 cm³/mol. The molecule has 0 saturated carbocycles. The highest BCUT2D eigenvalue weighted by Gasteiger charge is 2.04. The molecule has 0 spiro atoms. The van der Waals surface area contributed by atoms with Gasteiger partial charge in [0.1, 0.15) is 11.5 Å². The van der Waals surface area contributed by atoms with Crippen molar-refractivity contribution in [1.29, 1.82) is 0 Å². The van der Waals surface area contributed by atoms with E-state index >= 15 is 0 Å². The molecule has 4 heteroatoms. The van der Waals surface area contributed by atoms with Crippen LogP contribution < -0.4 is 0 Å². The number of benzene rings is 2. The fraction of sp³-hybridized carbons (Fsp3) is 0.211. The summed E-state index contributed by atoms with van der Waals surface area (Å²) < 4.78 is 0. The molecule has 1 atom stereocenters. The van der Waals surface area contributed by atoms with Gasteiger partial charge in [0, 0.05) is 12.8 Å². The quantitative estimate of drug-likeness (QED) is 0.687. The Morgan fingerprint density at radius 1 is 0.913 bits per heavy atom. The average Bonchev–Trinajstić information content (AvgIpc) is 2.54. The van der Waals surface area contributed by atoms with Gasteiger partial charge < -0.3 is 15.3 Å². The molecule has 0 aliphatic rings. The zero-order valence-corrected chi connectivity index (χ0v) is 12.7. The van der Waals surface area contributed by atoms with E-state index in [1.54, 1.807) is 48.5 Å². The molecule has 0 amide bonds. The topological polar surface area (TPSA) is 77.8 Å². The maximum atomic E-state index is 11.8. The van der Waals surface area contributed by atoms with Crippen molar-refractivity contribution < 1.29 is 20.1 Å². The molecule has 0 radical (unpaired) electrons. The van der Waals surface area contributed by atoms with Crippen LogP contribution in [0.3, 0.4) is 0 Å². The molecule has 2 aromatic rings. The Kier molecular flexibility index (Phi) is 5.94. The Labute approximate surface area is 135 Å². The molecule has 1 unspecified atom stereocenters. The molecule has 120 valence electrons. The van der Waals surface area contributed by atoms with Gasteiger partial charge >= 0.3 is 0 Å². The fourth-order valence-electron chi connectivity index (χ4n) is 2.17. The van der Waals surface area contributed by atoms with Crippen LogP contribution in [0.4, 0.5) is 0 Å². The smallest absolute Gasteiger partial charge is 0.155 e. The monoisotopic (exact) mass is 312 g/mol. The van der Waals surface area contributed by atoms with Crippen molar-refractivity contribution >= 4 is 5.78 Å². The van der Waals surface area contributed by atoms with Gasteiger partial charge in [-0.3, -0.25) is 4.79 Å². The van der Waals surface area contributed by atoms with E-state index in [1.165, 1.54) is 12.2 Å². The summed E-state index contributed by atoms with van der Waals surface area (Å²) in [6, 6.07) is 13.4. The molecule has 3 N–H and O–H groups in total. The molecule has 23 heavy (non-hydrogen) atoms. The number of aliphatic hydroxyl groups excluding tert-OH is 1. The minimum atomic E-state index is -0.739. The standard InChI is InChI=1S/C19H20O4/c20-16-6-1-14(2-7-16)3-8-18(22)11-12-19(23)13-15-4-9-17(21)10-5-15/h1-2,4-7,9-12,19-21,23H,3,8,13H2/b12-11+. The molecule has 0 aliphatic carbocycles. The lowest BCUT2D eigenvalue weighted by molar-refractivity contribution is -0.114. The van der Waals surface area contributed by atoms with Crippen LogP contribution in [0.15, 0.2) is 60.7 Å². The summed E-state index contributed by atoms with van der Waals surface area (Å²) in [4.78, 5) is 11.8. The van der Waals surface area contributed by atoms with E-state index in [4.69, 9.17) is 0 Å². The number of hydrogen-bond donors (Lipinski definition) is 3. The van der Waals surface area contributed by atoms with Crippen LogP contribution in [-0.2, 0) is 17.6 Å². The Hall–Kier alpha value is -2.59. The van der Waals surface area contributed by atoms with Gasteiger partial charge in [0.05, 0.1) is 6.10 Å². The number of aryl methyl sites for hydroxylation is 1. The molecule has 0 aromatic heterocycles. The first-order valence-electron chi connectivity index (χ1n) is 7.48. The number of hydrogen-bond acceptors (Lipinski definition) is 4. The summed E-state index contributed by atoms with van der Waals surface area (Å²) in [6.07, 6.45) is 3.50. The number of phenols is 2. The summed E-state index contributed by atoms with van der Waals surface area (Å²) in [5.41, 5.74) is 1.87. The van der Waals surface area contributed by atoms with Crippen molar-refractivity contribution in [3.05, 3.63) is 71.8 Å². The fourth-order valence-corrected chi connectivity index (χ4v) is 2.17. The molecule has 2 aromatic carbocycles. The Morgan fingerprint density at radius 2 is 1.43 bits per heavy atom. The summed E-state index contributed by atoms with van der Waals surface area (Å²) in [6.45, 7) is 0. The highest BCUT2D eigenvalue weighted by Crippen LogP contribution is 2.13. The van der Waals surface area contributed by atoms with Gasteiger partial charge in [0.2, 0.25) is 0 Å². The van der Waals surface area contributed by atoms with E-state index in [0.717, 1.165) is 11.1 Å². The summed E-state index contributed by atoms with van der Waals surface area (Å²) >= 11 is 0. The molecular formula is C19H20O4. The lowest BCUT2D eigenvalue weighted by atomic mass is 10.0. The van der Waals surface area contributed by atoms with E-state index in [-0.39, 0.29) is 17.3 Å². The summed E-state index contributed by atoms with van der Waals surface area (Å²) in [5, 5.41) is 28.3. The molecular weight excluding hydrogens is 292 g/mol. The van der Waals surface area contributed by atoms with Crippen molar-refractivity contribution in [1.82, 2.24) is 0 Å². The first-order valence-corrected chi connectivity index (χ1v) is 7.48. The third kappa shape index (κ3) is 5.96. The number of ketones is 1. The third-order valence-electron chi connectivity index (χ3n) is 3.48. The van der Waals surface area contributed by atoms with E-state index < -0.39 is 6.10 Å². The van der Waals surface area contributed by atoms with E-state index in [9.17, 15) is 20.1 Å².